The average Bonchev–Trinajstić information content (AvgIpc) is 0.733. The molecule has 5 aromatic heterocycles. The van der Waals surface area contributed by atoms with E-state index in [0.717, 1.165) is 112 Å². The summed E-state index contributed by atoms with van der Waals surface area (Å²) < 4.78 is 0. The van der Waals surface area contributed by atoms with Gasteiger partial charge in [0.15, 0.2) is 17.3 Å². The normalized spacial score (nSPS) is 10.8. The van der Waals surface area contributed by atoms with Crippen LogP contribution in [0.3, 0.4) is 0 Å². The van der Waals surface area contributed by atoms with Crippen LogP contribution in [0.4, 0.5) is 23.0 Å². The maximum Gasteiger partial charge on any atom is 2.00 e. The number of pyridine rings is 4. The number of rotatable bonds is 12. The molecule has 19 rings (SSSR count). The monoisotopic (exact) mass is 2670 g/mol. The maximum atomic E-state index is 10.0. The zero-order valence-electron chi connectivity index (χ0n) is 74.5. The molecule has 18 aromatic rings. The molecule has 135 heavy (non-hydrogen) atoms. The number of ketones is 3. The summed E-state index contributed by atoms with van der Waals surface area (Å²) in [4.78, 5) is 60.3. The fourth-order valence-electron chi connectivity index (χ4n) is 13.3. The van der Waals surface area contributed by atoms with Crippen molar-refractivity contribution in [1.29, 1.82) is 5.41 Å². The molecule has 1 aliphatic rings. The summed E-state index contributed by atoms with van der Waals surface area (Å²) in [5.74, 6) is 1.40. The van der Waals surface area contributed by atoms with Gasteiger partial charge in [-0.2, -0.15) is 18.2 Å². The van der Waals surface area contributed by atoms with Gasteiger partial charge >= 0.3 is 21.1 Å². The average molecular weight is 2670 g/mol. The number of allylic oxidation sites excluding steroid dienone is 10. The van der Waals surface area contributed by atoms with Gasteiger partial charge in [0.1, 0.15) is 11.6 Å². The number of benzene rings is 13. The van der Waals surface area contributed by atoms with E-state index in [1.165, 1.54) is 110 Å². The molecule has 3 radical (unpaired) electrons. The molecule has 21 heteroatoms. The number of para-hydroxylation sites is 1. The Morgan fingerprint density at radius 3 is 1.31 bits per heavy atom. The van der Waals surface area contributed by atoms with Crippen LogP contribution in [-0.2, 0) is 117 Å². The summed E-state index contributed by atoms with van der Waals surface area (Å²) in [7, 11) is 0. The molecule has 0 fully saturated rings. The van der Waals surface area contributed by atoms with Gasteiger partial charge in [0.05, 0.1) is 28.5 Å². The fourth-order valence-corrected chi connectivity index (χ4v) is 13.3. The number of aromatic nitrogens is 6. The standard InChI is InChI=1S/C29H19N2.C28H19N3.C15H10N.C11H8N.C10H8N.C6H5N2.3C5H8O2.3Ir.2Pt/c1-19-18-30-28-24-14-12-22(20-8-4-2-5-9-20)16-26(24)27-17-23(21-10-6-3-7-11-21)13-15-25(27)29(28)31-19;1-4-12-22(13-5-1)25-18-10-20-27(29-25)31(24-16-8-3-9-17-24)28-21-11-19-26(30-28)23-14-6-2-7-15-23;1-2-7-13(8-3-1)15-14-9-5-4-6-12(14)10-11-16-15;1-2-6-10(7-3-1)11-8-4-5-9-12-11;11-10-7-3-5-8-4-1-2-6-9(8)10;7-5-3-1-2-4-6(5)8;3*1-4(6)3-5(2)7;;;;;/h2-13,15-18H,1H3;1-12,14,16-21H;1-7,9-11H;1-6,8-9H;1-6H,11H2;1-4,7H;3*3,6H,1-2H3;;;;;/q-1;-2;4*-1;;;;;;;;+2/b;;;;;;4-3-;;;;;;;. The topological polar surface area (TPSA) is 265 Å². The zero-order chi connectivity index (χ0) is 91.9. The number of anilines is 4. The third-order valence-corrected chi connectivity index (χ3v) is 18.9. The van der Waals surface area contributed by atoms with Crippen molar-refractivity contribution in [2.75, 3.05) is 10.6 Å². The van der Waals surface area contributed by atoms with Crippen molar-refractivity contribution < 1.29 is 132 Å². The number of nitrogens with two attached hydrogens (primary N) is 1. The van der Waals surface area contributed by atoms with Crippen LogP contribution in [-0.4, -0.2) is 74.0 Å². The molecular formula is C114H93Ir3N10O6Pt2-5. The minimum Gasteiger partial charge on any atom is -0.802 e. The van der Waals surface area contributed by atoms with Crippen LogP contribution >= 0.6 is 0 Å². The summed E-state index contributed by atoms with van der Waals surface area (Å²) in [6.07, 6.45) is 15.4. The molecule has 0 spiro atoms. The molecular weight excluding hydrogens is 2570 g/mol. The number of carbonyl (C=O) groups excluding carboxylic acids is 3. The van der Waals surface area contributed by atoms with Crippen molar-refractivity contribution in [1.82, 2.24) is 29.9 Å². The number of aliphatic hydroxyl groups excluding tert-OH is 3. The van der Waals surface area contributed by atoms with Crippen LogP contribution in [0.15, 0.2) is 418 Å². The van der Waals surface area contributed by atoms with E-state index in [1.54, 1.807) is 18.3 Å². The van der Waals surface area contributed by atoms with Crippen LogP contribution in [0, 0.1) is 48.7 Å². The number of nitrogens with one attached hydrogen (secondary N) is 1. The van der Waals surface area contributed by atoms with E-state index in [0.29, 0.717) is 0 Å². The van der Waals surface area contributed by atoms with Gasteiger partial charge in [-0.25, -0.2) is 0 Å². The molecule has 0 amide bonds. The Labute approximate surface area is 857 Å². The quantitative estimate of drug-likeness (QED) is 0.0190. The Balaban J connectivity index is 0.000000248. The third-order valence-electron chi connectivity index (χ3n) is 18.9. The molecule has 687 valence electrons. The van der Waals surface area contributed by atoms with Crippen molar-refractivity contribution in [3.8, 4) is 67.3 Å². The zero-order valence-corrected chi connectivity index (χ0v) is 86.2. The second-order valence-corrected chi connectivity index (χ2v) is 29.2. The second kappa shape index (κ2) is 57.6. The third kappa shape index (κ3) is 34.0. The van der Waals surface area contributed by atoms with Gasteiger partial charge in [-0.3, -0.25) is 34.2 Å². The summed E-state index contributed by atoms with van der Waals surface area (Å²) in [5, 5.41) is 49.9. The molecule has 0 saturated carbocycles. The van der Waals surface area contributed by atoms with Gasteiger partial charge in [0.2, 0.25) is 0 Å². The first-order valence-corrected chi connectivity index (χ1v) is 41.5. The Hall–Kier alpha value is -13.8. The molecule has 0 aliphatic heterocycles. The van der Waals surface area contributed by atoms with Crippen molar-refractivity contribution >= 4 is 106 Å². The Bertz CT molecular complexity index is 6810. The van der Waals surface area contributed by atoms with E-state index in [-0.39, 0.29) is 148 Å². The van der Waals surface area contributed by atoms with E-state index < -0.39 is 0 Å². The number of nitrogen functional groups attached to an aromatic ring is 1. The predicted octanol–water partition coefficient (Wildman–Crippen LogP) is 27.0. The van der Waals surface area contributed by atoms with Crippen molar-refractivity contribution in [3.05, 3.63) is 466 Å². The van der Waals surface area contributed by atoms with E-state index >= 15 is 0 Å². The minimum absolute atomic E-state index is 0. The summed E-state index contributed by atoms with van der Waals surface area (Å²) in [6, 6.07) is 133. The smallest absolute Gasteiger partial charge is 0.802 e. The molecule has 13 aromatic carbocycles. The van der Waals surface area contributed by atoms with Gasteiger partial charge in [-0.05, 0) is 141 Å². The molecule has 6 N–H and O–H groups in total. The molecule has 0 bridgehead atoms. The molecule has 16 nitrogen and oxygen atoms in total. The Morgan fingerprint density at radius 1 is 0.393 bits per heavy atom. The van der Waals surface area contributed by atoms with Crippen LogP contribution in [0.1, 0.15) is 47.2 Å². The molecule has 0 saturated heterocycles. The van der Waals surface area contributed by atoms with Crippen molar-refractivity contribution in [2.45, 2.75) is 48.5 Å². The van der Waals surface area contributed by atoms with Crippen LogP contribution < -0.4 is 10.6 Å². The van der Waals surface area contributed by atoms with E-state index in [9.17, 15) is 14.4 Å². The predicted molar refractivity (Wildman–Crippen MR) is 532 cm³/mol. The van der Waals surface area contributed by atoms with Gasteiger partial charge in [-0.15, -0.1) is 190 Å². The van der Waals surface area contributed by atoms with Gasteiger partial charge < -0.3 is 46.8 Å². The Morgan fingerprint density at radius 2 is 0.844 bits per heavy atom. The largest absolute Gasteiger partial charge is 2.00 e. The number of hydrogen-bond acceptors (Lipinski definition) is 15. The van der Waals surface area contributed by atoms with Gasteiger partial charge in [0, 0.05) is 135 Å². The summed E-state index contributed by atoms with van der Waals surface area (Å²) in [5.41, 5.74) is 22.8. The van der Waals surface area contributed by atoms with Crippen LogP contribution in [0.25, 0.3) is 127 Å². The summed E-state index contributed by atoms with van der Waals surface area (Å²) >= 11 is 0. The number of aliphatic hydroxyl groups is 3. The fraction of sp³-hybridized carbons (Fsp3) is 0.0614. The SMILES string of the molecule is CC(=O)/C=C(/C)O.CC(=O)C=C(C)O.CC(=O)C=C(C)O.Cc1cnc2c3[c-]cc(-c4ccccc4)cc3c3cc(-c4ccccc4)ccc3c2n1.Nc1[c-]ccc2ccccc12.[Ir].[Ir].[Ir].[N-]=C1C=CC=CC1=N.[Pt+2].[Pt].[c-]1ccccc1-c1cccc(N(c2ccccc2)c2cccc(-c3[c-]cccc3)n2)n1.[c-]1ccccc1-c1ccccn1.[c-]1ccccc1-c1nccc2ccccc12. The maximum absolute atomic E-state index is 10.0. The molecule has 0 atom stereocenters. The van der Waals surface area contributed by atoms with E-state index in [1.807, 2.05) is 256 Å². The molecule has 0 unspecified atom stereocenters. The first kappa shape index (κ1) is 110. The van der Waals surface area contributed by atoms with Crippen LogP contribution in [0.5, 0.6) is 0 Å². The second-order valence-electron chi connectivity index (χ2n) is 29.2. The number of aryl methyl sites for hydroxylation is 1. The number of carbonyl (C=O) groups is 3. The molecule has 5 heterocycles. The van der Waals surface area contributed by atoms with Crippen molar-refractivity contribution in [2.24, 2.45) is 0 Å². The first-order valence-electron chi connectivity index (χ1n) is 41.5. The number of fused-ring (bicyclic) bond motifs is 8. The van der Waals surface area contributed by atoms with Gasteiger partial charge in [0.25, 0.3) is 0 Å². The van der Waals surface area contributed by atoms with Crippen LogP contribution in [0.2, 0.25) is 0 Å². The number of nitrogens with zero attached hydrogens (tertiary/aromatic N) is 8. The number of hydrogen-bond donors (Lipinski definition) is 5. The van der Waals surface area contributed by atoms with E-state index in [2.05, 4.69) is 154 Å². The van der Waals surface area contributed by atoms with Gasteiger partial charge in [-0.1, -0.05) is 222 Å². The molecule has 1 aliphatic carbocycles. The first-order chi connectivity index (χ1) is 63.1. The van der Waals surface area contributed by atoms with Crippen molar-refractivity contribution in [3.63, 3.8) is 0 Å². The summed E-state index contributed by atoms with van der Waals surface area (Å²) in [6.45, 7) is 10.5. The minimum atomic E-state index is -0.125. The van der Waals surface area contributed by atoms with E-state index in [4.69, 9.17) is 51.8 Å². The Kier molecular flexibility index (Phi) is 46.9.